The molecule has 0 amide bonds. The van der Waals surface area contributed by atoms with Crippen molar-refractivity contribution in [2.75, 3.05) is 5.73 Å². The van der Waals surface area contributed by atoms with Gasteiger partial charge in [0.2, 0.25) is 0 Å². The predicted octanol–water partition coefficient (Wildman–Crippen LogP) is 1.64. The number of halogens is 2. The number of aromatic nitrogens is 2. The Labute approximate surface area is 83.4 Å². The summed E-state index contributed by atoms with van der Waals surface area (Å²) in [5.74, 6) is -2.43. The molecular formula is C9H7F2N3O. The maximum absolute atomic E-state index is 13.3. The maximum Gasteiger partial charge on any atom is 0.171 e. The first kappa shape index (κ1) is 9.45. The quantitative estimate of drug-likeness (QED) is 0.671. The zero-order chi connectivity index (χ0) is 11.0. The average Bonchev–Trinajstić information content (AvgIpc) is 2.59. The third-order valence-corrected chi connectivity index (χ3v) is 1.94. The summed E-state index contributed by atoms with van der Waals surface area (Å²) in [6, 6.07) is 3.20. The lowest BCUT2D eigenvalue weighted by molar-refractivity contribution is 0.458. The molecule has 0 bridgehead atoms. The molecule has 0 saturated carbocycles. The average molecular weight is 211 g/mol. The van der Waals surface area contributed by atoms with E-state index in [1.54, 1.807) is 0 Å². The number of nitrogens with zero attached hydrogens (tertiary/aromatic N) is 1. The van der Waals surface area contributed by atoms with E-state index in [-0.39, 0.29) is 22.8 Å². The summed E-state index contributed by atoms with van der Waals surface area (Å²) in [7, 11) is 0. The van der Waals surface area contributed by atoms with Crippen LogP contribution in [0.2, 0.25) is 0 Å². The highest BCUT2D eigenvalue weighted by Gasteiger charge is 2.16. The largest absolute Gasteiger partial charge is 0.507 e. The van der Waals surface area contributed by atoms with Gasteiger partial charge in [-0.1, -0.05) is 0 Å². The van der Waals surface area contributed by atoms with Crippen LogP contribution in [0.1, 0.15) is 0 Å². The number of benzene rings is 1. The zero-order valence-corrected chi connectivity index (χ0v) is 7.46. The fourth-order valence-electron chi connectivity index (χ4n) is 1.26. The highest BCUT2D eigenvalue weighted by molar-refractivity contribution is 5.69. The molecule has 2 rings (SSSR count). The van der Waals surface area contributed by atoms with E-state index in [0.717, 1.165) is 12.1 Å². The Morgan fingerprint density at radius 3 is 2.67 bits per heavy atom. The number of hydrogen-bond acceptors (Lipinski definition) is 3. The second kappa shape index (κ2) is 3.23. The van der Waals surface area contributed by atoms with Gasteiger partial charge >= 0.3 is 0 Å². The molecular weight excluding hydrogens is 204 g/mol. The second-order valence-electron chi connectivity index (χ2n) is 2.96. The topological polar surface area (TPSA) is 74.9 Å². The lowest BCUT2D eigenvalue weighted by Gasteiger charge is -2.03. The number of anilines is 1. The molecule has 0 aliphatic rings. The normalized spacial score (nSPS) is 10.5. The summed E-state index contributed by atoms with van der Waals surface area (Å²) in [6.07, 6.45) is 0. The molecule has 0 saturated heterocycles. The number of aromatic amines is 1. The number of hydrogen-bond donors (Lipinski definition) is 3. The summed E-state index contributed by atoms with van der Waals surface area (Å²) in [6.45, 7) is 0. The van der Waals surface area contributed by atoms with Gasteiger partial charge in [0, 0.05) is 6.07 Å². The van der Waals surface area contributed by atoms with Crippen molar-refractivity contribution in [3.63, 3.8) is 0 Å². The molecule has 1 aromatic carbocycles. The van der Waals surface area contributed by atoms with Gasteiger partial charge in [-0.15, -0.1) is 0 Å². The fraction of sp³-hybridized carbons (Fsp3) is 0. The van der Waals surface area contributed by atoms with E-state index in [2.05, 4.69) is 10.2 Å². The Morgan fingerprint density at radius 1 is 1.33 bits per heavy atom. The molecule has 78 valence electrons. The van der Waals surface area contributed by atoms with E-state index in [1.165, 1.54) is 6.07 Å². The van der Waals surface area contributed by atoms with Crippen LogP contribution >= 0.6 is 0 Å². The lowest BCUT2D eigenvalue weighted by Crippen LogP contribution is -1.90. The molecule has 4 N–H and O–H groups in total. The van der Waals surface area contributed by atoms with E-state index < -0.39 is 11.6 Å². The van der Waals surface area contributed by atoms with Crippen LogP contribution in [0, 0.1) is 11.6 Å². The number of nitrogens with two attached hydrogens (primary N) is 1. The van der Waals surface area contributed by atoms with Gasteiger partial charge in [-0.3, -0.25) is 5.10 Å². The van der Waals surface area contributed by atoms with Crippen molar-refractivity contribution in [2.24, 2.45) is 0 Å². The zero-order valence-electron chi connectivity index (χ0n) is 7.46. The SMILES string of the molecule is Nc1cc(-c2c(O)ccc(F)c2F)[nH]n1. The molecule has 4 nitrogen and oxygen atoms in total. The minimum atomic E-state index is -1.14. The van der Waals surface area contributed by atoms with Crippen molar-refractivity contribution < 1.29 is 13.9 Å². The lowest BCUT2D eigenvalue weighted by atomic mass is 10.1. The summed E-state index contributed by atoms with van der Waals surface area (Å²) in [5, 5.41) is 15.3. The van der Waals surface area contributed by atoms with Crippen LogP contribution in [0.5, 0.6) is 5.75 Å². The Kier molecular flexibility index (Phi) is 2.03. The monoisotopic (exact) mass is 211 g/mol. The summed E-state index contributed by atoms with van der Waals surface area (Å²) in [5.41, 5.74) is 5.16. The van der Waals surface area contributed by atoms with Crippen molar-refractivity contribution >= 4 is 5.82 Å². The van der Waals surface area contributed by atoms with Crippen LogP contribution in [-0.4, -0.2) is 15.3 Å². The first-order valence-corrected chi connectivity index (χ1v) is 4.08. The van der Waals surface area contributed by atoms with E-state index >= 15 is 0 Å². The van der Waals surface area contributed by atoms with Gasteiger partial charge in [0.05, 0.1) is 11.3 Å². The molecule has 0 atom stereocenters. The van der Waals surface area contributed by atoms with Crippen LogP contribution in [0.25, 0.3) is 11.3 Å². The summed E-state index contributed by atoms with van der Waals surface area (Å²) >= 11 is 0. The second-order valence-corrected chi connectivity index (χ2v) is 2.96. The predicted molar refractivity (Wildman–Crippen MR) is 50.0 cm³/mol. The molecule has 15 heavy (non-hydrogen) atoms. The summed E-state index contributed by atoms with van der Waals surface area (Å²) < 4.78 is 26.2. The van der Waals surface area contributed by atoms with E-state index in [1.807, 2.05) is 0 Å². The molecule has 0 fully saturated rings. The number of phenols is 1. The smallest absolute Gasteiger partial charge is 0.171 e. The van der Waals surface area contributed by atoms with Crippen LogP contribution in [-0.2, 0) is 0 Å². The minimum Gasteiger partial charge on any atom is -0.507 e. The minimum absolute atomic E-state index is 0.127. The van der Waals surface area contributed by atoms with Gasteiger partial charge in [0.15, 0.2) is 11.6 Å². The molecule has 1 heterocycles. The third kappa shape index (κ3) is 1.50. The molecule has 0 spiro atoms. The summed E-state index contributed by atoms with van der Waals surface area (Å²) in [4.78, 5) is 0. The highest BCUT2D eigenvalue weighted by Crippen LogP contribution is 2.32. The first-order valence-electron chi connectivity index (χ1n) is 4.08. The Balaban J connectivity index is 2.66. The Hall–Kier alpha value is -2.11. The molecule has 0 radical (unpaired) electrons. The first-order chi connectivity index (χ1) is 7.09. The number of nitrogen functional groups attached to an aromatic ring is 1. The molecule has 6 heteroatoms. The molecule has 0 aliphatic heterocycles. The Morgan fingerprint density at radius 2 is 2.07 bits per heavy atom. The van der Waals surface area contributed by atoms with Gasteiger partial charge < -0.3 is 10.8 Å². The Bertz CT molecular complexity index is 510. The van der Waals surface area contributed by atoms with Crippen LogP contribution in [0.4, 0.5) is 14.6 Å². The highest BCUT2D eigenvalue weighted by atomic mass is 19.2. The number of rotatable bonds is 1. The van der Waals surface area contributed by atoms with Crippen molar-refractivity contribution in [3.05, 3.63) is 29.8 Å². The van der Waals surface area contributed by atoms with Crippen molar-refractivity contribution in [2.45, 2.75) is 0 Å². The van der Waals surface area contributed by atoms with E-state index in [4.69, 9.17) is 5.73 Å². The molecule has 2 aromatic rings. The van der Waals surface area contributed by atoms with Gasteiger partial charge in [-0.25, -0.2) is 8.78 Å². The van der Waals surface area contributed by atoms with Crippen LogP contribution in [0.3, 0.4) is 0 Å². The maximum atomic E-state index is 13.3. The van der Waals surface area contributed by atoms with Crippen LogP contribution < -0.4 is 5.73 Å². The van der Waals surface area contributed by atoms with Gasteiger partial charge in [-0.2, -0.15) is 5.10 Å². The van der Waals surface area contributed by atoms with Crippen molar-refractivity contribution in [1.29, 1.82) is 0 Å². The standard InChI is InChI=1S/C9H7F2N3O/c10-4-1-2-6(15)8(9(4)11)5-3-7(12)14-13-5/h1-3,15H,(H3,12,13,14). The van der Waals surface area contributed by atoms with Gasteiger partial charge in [-0.05, 0) is 12.1 Å². The van der Waals surface area contributed by atoms with E-state index in [0.29, 0.717) is 0 Å². The number of aromatic hydroxyl groups is 1. The third-order valence-electron chi connectivity index (χ3n) is 1.94. The number of H-pyrrole nitrogens is 1. The number of phenolic OH excluding ortho intramolecular Hbond substituents is 1. The molecule has 1 aromatic heterocycles. The number of nitrogens with one attached hydrogen (secondary N) is 1. The van der Waals surface area contributed by atoms with Crippen LogP contribution in [0.15, 0.2) is 18.2 Å². The van der Waals surface area contributed by atoms with Crippen molar-refractivity contribution in [1.82, 2.24) is 10.2 Å². The van der Waals surface area contributed by atoms with Gasteiger partial charge in [0.25, 0.3) is 0 Å². The van der Waals surface area contributed by atoms with Crippen molar-refractivity contribution in [3.8, 4) is 17.0 Å². The van der Waals surface area contributed by atoms with E-state index in [9.17, 15) is 13.9 Å². The molecule has 0 unspecified atom stereocenters. The fourth-order valence-corrected chi connectivity index (χ4v) is 1.26. The van der Waals surface area contributed by atoms with Gasteiger partial charge in [0.1, 0.15) is 11.6 Å². The molecule has 0 aliphatic carbocycles.